The highest BCUT2D eigenvalue weighted by Crippen LogP contribution is 2.30. The SMILES string of the molecule is CCOc1cc(N)c(Cl)cc1C(=O)NCC1CCN(CCCCN2CCC(CNC(=O)c3cc(Cl)c(N)cc3OC)CC2)CO1. The molecule has 0 spiro atoms. The molecule has 2 aliphatic heterocycles. The largest absolute Gasteiger partial charge is 0.496 e. The fraction of sp³-hybridized carbons (Fsp3) is 0.562. The molecule has 4 rings (SSSR count). The van der Waals surface area contributed by atoms with Crippen molar-refractivity contribution in [2.24, 2.45) is 5.92 Å². The summed E-state index contributed by atoms with van der Waals surface area (Å²) in [5.41, 5.74) is 13.2. The topological polar surface area (TPSA) is 144 Å². The van der Waals surface area contributed by atoms with Gasteiger partial charge in [0.25, 0.3) is 11.8 Å². The maximum atomic E-state index is 12.8. The number of amides is 2. The van der Waals surface area contributed by atoms with Crippen LogP contribution in [0.3, 0.4) is 0 Å². The molecular formula is C32H46Cl2N6O5. The number of carbonyl (C=O) groups excluding carboxylic acids is 2. The summed E-state index contributed by atoms with van der Waals surface area (Å²) in [4.78, 5) is 30.4. The first-order valence-corrected chi connectivity index (χ1v) is 16.4. The molecule has 13 heteroatoms. The zero-order valence-electron chi connectivity index (χ0n) is 26.2. The molecule has 2 amide bonds. The number of nitrogen functional groups attached to an aromatic ring is 2. The van der Waals surface area contributed by atoms with Crippen LogP contribution in [0.2, 0.25) is 10.0 Å². The van der Waals surface area contributed by atoms with E-state index >= 15 is 0 Å². The normalized spacial score (nSPS) is 18.0. The van der Waals surface area contributed by atoms with Crippen molar-refractivity contribution in [1.82, 2.24) is 20.4 Å². The first-order chi connectivity index (χ1) is 21.7. The number of benzene rings is 2. The summed E-state index contributed by atoms with van der Waals surface area (Å²) in [6.45, 7) is 8.94. The maximum Gasteiger partial charge on any atom is 0.255 e. The van der Waals surface area contributed by atoms with Crippen molar-refractivity contribution in [2.45, 2.75) is 45.1 Å². The van der Waals surface area contributed by atoms with E-state index in [0.29, 0.717) is 76.4 Å². The Morgan fingerprint density at radius 2 is 1.42 bits per heavy atom. The van der Waals surface area contributed by atoms with Crippen molar-refractivity contribution in [3.05, 3.63) is 45.4 Å². The Hall–Kier alpha value is -2.96. The van der Waals surface area contributed by atoms with Gasteiger partial charge in [-0.05, 0) is 76.7 Å². The number of carbonyl (C=O) groups is 2. The van der Waals surface area contributed by atoms with Crippen molar-refractivity contribution in [2.75, 3.05) is 77.7 Å². The van der Waals surface area contributed by atoms with Crippen molar-refractivity contribution < 1.29 is 23.8 Å². The van der Waals surface area contributed by atoms with Crippen LogP contribution in [-0.2, 0) is 4.74 Å². The minimum atomic E-state index is -0.260. The van der Waals surface area contributed by atoms with Gasteiger partial charge in [-0.2, -0.15) is 0 Å². The predicted octanol–water partition coefficient (Wildman–Crippen LogP) is 4.27. The van der Waals surface area contributed by atoms with Gasteiger partial charge in [-0.25, -0.2) is 0 Å². The van der Waals surface area contributed by atoms with Crippen molar-refractivity contribution >= 4 is 46.4 Å². The minimum absolute atomic E-state index is 0.0394. The lowest BCUT2D eigenvalue weighted by molar-refractivity contribution is -0.0663. The lowest BCUT2D eigenvalue weighted by Crippen LogP contribution is -2.43. The molecule has 45 heavy (non-hydrogen) atoms. The van der Waals surface area contributed by atoms with Gasteiger partial charge >= 0.3 is 0 Å². The van der Waals surface area contributed by atoms with Gasteiger partial charge in [-0.15, -0.1) is 0 Å². The molecule has 0 radical (unpaired) electrons. The second-order valence-corrected chi connectivity index (χ2v) is 12.4. The van der Waals surface area contributed by atoms with E-state index in [9.17, 15) is 9.59 Å². The van der Waals surface area contributed by atoms with Crippen molar-refractivity contribution in [1.29, 1.82) is 0 Å². The first kappa shape index (κ1) is 34.9. The van der Waals surface area contributed by atoms with Gasteiger partial charge in [0.05, 0.1) is 59.1 Å². The Bertz CT molecular complexity index is 1300. The van der Waals surface area contributed by atoms with Crippen LogP contribution in [0, 0.1) is 5.92 Å². The van der Waals surface area contributed by atoms with Crippen LogP contribution in [0.15, 0.2) is 24.3 Å². The van der Waals surface area contributed by atoms with Crippen LogP contribution in [0.1, 0.15) is 59.7 Å². The highest BCUT2D eigenvalue weighted by Gasteiger charge is 2.23. The fourth-order valence-corrected chi connectivity index (χ4v) is 6.01. The number of likely N-dealkylation sites (tertiary alicyclic amines) is 1. The molecular weight excluding hydrogens is 619 g/mol. The van der Waals surface area contributed by atoms with Crippen LogP contribution >= 0.6 is 23.2 Å². The summed E-state index contributed by atoms with van der Waals surface area (Å²) in [6, 6.07) is 6.26. The number of rotatable bonds is 14. The standard InChI is InChI=1S/C32H46Cl2N6O5/c1-3-44-30-17-28(36)26(34)15-24(30)32(42)38-19-22-8-13-40(20-45-22)10-5-4-9-39-11-6-21(7-12-39)18-37-31(41)23-14-25(33)27(35)16-29(23)43-2/h14-17,21-22H,3-13,18-20,35-36H2,1-2H3,(H,37,41)(H,38,42). The molecule has 2 aromatic carbocycles. The molecule has 6 N–H and O–H groups in total. The van der Waals surface area contributed by atoms with Crippen molar-refractivity contribution in [3.8, 4) is 11.5 Å². The van der Waals surface area contributed by atoms with Crippen LogP contribution in [-0.4, -0.2) is 94.0 Å². The molecule has 2 fully saturated rings. The van der Waals surface area contributed by atoms with Gasteiger partial charge in [-0.1, -0.05) is 23.2 Å². The number of nitrogens with two attached hydrogens (primary N) is 2. The molecule has 0 aliphatic carbocycles. The highest BCUT2D eigenvalue weighted by molar-refractivity contribution is 6.34. The summed E-state index contributed by atoms with van der Waals surface area (Å²) in [6.07, 6.45) is 5.14. The highest BCUT2D eigenvalue weighted by atomic mass is 35.5. The molecule has 2 aromatic rings. The van der Waals surface area contributed by atoms with E-state index < -0.39 is 0 Å². The summed E-state index contributed by atoms with van der Waals surface area (Å²) < 4.78 is 16.9. The zero-order valence-corrected chi connectivity index (χ0v) is 27.7. The van der Waals surface area contributed by atoms with Crippen LogP contribution in [0.25, 0.3) is 0 Å². The lowest BCUT2D eigenvalue weighted by Gasteiger charge is -2.33. The molecule has 248 valence electrons. The number of methoxy groups -OCH3 is 1. The molecule has 1 atom stereocenters. The quantitative estimate of drug-likeness (QED) is 0.172. The molecule has 0 bridgehead atoms. The third kappa shape index (κ3) is 10.0. The van der Waals surface area contributed by atoms with E-state index in [1.165, 1.54) is 7.11 Å². The van der Waals surface area contributed by atoms with Crippen LogP contribution in [0.4, 0.5) is 11.4 Å². The van der Waals surface area contributed by atoms with E-state index in [1.54, 1.807) is 24.3 Å². The predicted molar refractivity (Wildman–Crippen MR) is 178 cm³/mol. The summed E-state index contributed by atoms with van der Waals surface area (Å²) in [7, 11) is 1.51. The van der Waals surface area contributed by atoms with Gasteiger partial charge in [0.15, 0.2) is 0 Å². The number of ether oxygens (including phenoxy) is 3. The average Bonchev–Trinajstić information content (AvgIpc) is 3.04. The number of nitrogens with one attached hydrogen (secondary N) is 2. The number of halogens is 2. The Kier molecular flexibility index (Phi) is 13.3. The Morgan fingerprint density at radius 3 is 2.00 bits per heavy atom. The lowest BCUT2D eigenvalue weighted by atomic mass is 9.96. The van der Waals surface area contributed by atoms with E-state index in [0.717, 1.165) is 64.8 Å². The van der Waals surface area contributed by atoms with E-state index in [-0.39, 0.29) is 17.9 Å². The average molecular weight is 666 g/mol. The second kappa shape index (κ2) is 17.1. The van der Waals surface area contributed by atoms with Gasteiger partial charge in [0.2, 0.25) is 0 Å². The Labute approximate surface area is 275 Å². The molecule has 11 nitrogen and oxygen atoms in total. The number of piperidine rings is 1. The summed E-state index contributed by atoms with van der Waals surface area (Å²) in [5, 5.41) is 6.65. The maximum absolute atomic E-state index is 12.8. The van der Waals surface area contributed by atoms with E-state index in [4.69, 9.17) is 48.9 Å². The van der Waals surface area contributed by atoms with Gasteiger partial charge in [-0.3, -0.25) is 14.5 Å². The zero-order chi connectivity index (χ0) is 32.3. The second-order valence-electron chi connectivity index (χ2n) is 11.6. The molecule has 2 heterocycles. The molecule has 2 aliphatic rings. The van der Waals surface area contributed by atoms with Gasteiger partial charge in [0, 0.05) is 38.3 Å². The number of hydrogen-bond donors (Lipinski definition) is 4. The summed E-state index contributed by atoms with van der Waals surface area (Å²) >= 11 is 12.3. The number of anilines is 2. The fourth-order valence-electron chi connectivity index (χ4n) is 5.68. The Balaban J connectivity index is 1.07. The molecule has 1 unspecified atom stereocenters. The number of nitrogens with zero attached hydrogens (tertiary/aromatic N) is 2. The molecule has 2 saturated heterocycles. The molecule has 0 aromatic heterocycles. The van der Waals surface area contributed by atoms with Gasteiger partial charge < -0.3 is 41.2 Å². The third-order valence-corrected chi connectivity index (χ3v) is 9.07. The van der Waals surface area contributed by atoms with E-state index in [2.05, 4.69) is 20.4 Å². The summed E-state index contributed by atoms with van der Waals surface area (Å²) in [5.74, 6) is 0.822. The smallest absolute Gasteiger partial charge is 0.255 e. The Morgan fingerprint density at radius 1 is 0.867 bits per heavy atom. The first-order valence-electron chi connectivity index (χ1n) is 15.7. The monoisotopic (exact) mass is 664 g/mol. The van der Waals surface area contributed by atoms with E-state index in [1.807, 2.05) is 6.92 Å². The number of unbranched alkanes of at least 4 members (excludes halogenated alkanes) is 1. The third-order valence-electron chi connectivity index (χ3n) is 8.41. The van der Waals surface area contributed by atoms with Gasteiger partial charge in [0.1, 0.15) is 11.5 Å². The minimum Gasteiger partial charge on any atom is -0.496 e. The van der Waals surface area contributed by atoms with Crippen LogP contribution < -0.4 is 31.6 Å². The molecule has 0 saturated carbocycles. The number of hydrogen-bond acceptors (Lipinski definition) is 9. The van der Waals surface area contributed by atoms with Crippen LogP contribution in [0.5, 0.6) is 11.5 Å². The van der Waals surface area contributed by atoms with Crippen molar-refractivity contribution in [3.63, 3.8) is 0 Å².